The van der Waals surface area contributed by atoms with E-state index in [1.807, 2.05) is 24.3 Å². The number of rotatable bonds is 4. The maximum Gasteiger partial charge on any atom is 0.255 e. The lowest BCUT2D eigenvalue weighted by atomic mass is 10.1. The van der Waals surface area contributed by atoms with Gasteiger partial charge in [0.25, 0.3) is 5.91 Å². The highest BCUT2D eigenvalue weighted by molar-refractivity contribution is 7.21. The van der Waals surface area contributed by atoms with Crippen molar-refractivity contribution in [2.24, 2.45) is 0 Å². The Bertz CT molecular complexity index is 1230. The second-order valence-corrected chi connectivity index (χ2v) is 8.89. The highest BCUT2D eigenvalue weighted by atomic mass is 35.5. The van der Waals surface area contributed by atoms with E-state index in [-0.39, 0.29) is 15.6 Å². The first-order chi connectivity index (χ1) is 14.4. The van der Waals surface area contributed by atoms with E-state index in [4.69, 9.17) is 51.1 Å². The molecule has 1 N–H and O–H groups in total. The van der Waals surface area contributed by atoms with Crippen LogP contribution < -0.4 is 10.1 Å². The normalized spacial score (nSPS) is 11.0. The number of carbonyl (C=O) groups excluding carboxylic acids is 1. The zero-order chi connectivity index (χ0) is 21.4. The van der Waals surface area contributed by atoms with Crippen molar-refractivity contribution < 1.29 is 9.53 Å². The Balaban J connectivity index is 1.70. The summed E-state index contributed by atoms with van der Waals surface area (Å²) in [5.41, 5.74) is 2.20. The molecule has 1 amide bonds. The number of benzene rings is 3. The predicted molar refractivity (Wildman–Crippen MR) is 126 cm³/mol. The van der Waals surface area contributed by atoms with Crippen LogP contribution in [0.1, 0.15) is 10.4 Å². The molecule has 0 bridgehead atoms. The van der Waals surface area contributed by atoms with Gasteiger partial charge in [0.1, 0.15) is 5.01 Å². The van der Waals surface area contributed by atoms with Gasteiger partial charge >= 0.3 is 0 Å². The standard InChI is InChI=1S/C21H12Cl4N2O2S/c1-29-19-14(24)6-10(7-15(19)25)20(28)26-17-8-11(12(22)9-13(17)23)21-27-16-4-2-3-5-18(16)30-21/h2-9H,1H3,(H,26,28). The predicted octanol–water partition coefficient (Wildman–Crippen LogP) is 7.84. The van der Waals surface area contributed by atoms with Crippen molar-refractivity contribution in [2.75, 3.05) is 12.4 Å². The highest BCUT2D eigenvalue weighted by Crippen LogP contribution is 2.39. The second-order valence-electron chi connectivity index (χ2n) is 6.23. The van der Waals surface area contributed by atoms with Crippen LogP contribution in [0.2, 0.25) is 20.1 Å². The van der Waals surface area contributed by atoms with Gasteiger partial charge in [0.05, 0.1) is 43.1 Å². The maximum atomic E-state index is 12.8. The van der Waals surface area contributed by atoms with Gasteiger partial charge < -0.3 is 10.1 Å². The molecule has 0 radical (unpaired) electrons. The van der Waals surface area contributed by atoms with Crippen LogP contribution >= 0.6 is 57.7 Å². The van der Waals surface area contributed by atoms with E-state index in [9.17, 15) is 4.79 Å². The highest BCUT2D eigenvalue weighted by Gasteiger charge is 2.17. The number of amides is 1. The molecule has 30 heavy (non-hydrogen) atoms. The van der Waals surface area contributed by atoms with E-state index in [2.05, 4.69) is 10.3 Å². The largest absolute Gasteiger partial charge is 0.494 e. The second kappa shape index (κ2) is 8.61. The smallest absolute Gasteiger partial charge is 0.255 e. The molecule has 0 saturated heterocycles. The number of halogens is 4. The zero-order valence-electron chi connectivity index (χ0n) is 15.3. The first-order valence-corrected chi connectivity index (χ1v) is 10.9. The van der Waals surface area contributed by atoms with Crippen molar-refractivity contribution in [3.63, 3.8) is 0 Å². The van der Waals surface area contributed by atoms with Crippen LogP contribution in [-0.2, 0) is 0 Å². The number of aromatic nitrogens is 1. The summed E-state index contributed by atoms with van der Waals surface area (Å²) < 4.78 is 6.15. The Kier molecular flexibility index (Phi) is 6.09. The Morgan fingerprint density at radius 1 is 0.967 bits per heavy atom. The molecule has 0 spiro atoms. The third-order valence-corrected chi connectivity index (χ3v) is 6.55. The summed E-state index contributed by atoms with van der Waals surface area (Å²) in [6.45, 7) is 0. The number of hydrogen-bond donors (Lipinski definition) is 1. The Hall–Kier alpha value is -2.02. The third-order valence-electron chi connectivity index (χ3n) is 4.29. The van der Waals surface area contributed by atoms with E-state index in [1.54, 1.807) is 12.1 Å². The molecule has 1 heterocycles. The number of hydrogen-bond acceptors (Lipinski definition) is 4. The molecule has 0 aliphatic rings. The molecule has 0 unspecified atom stereocenters. The SMILES string of the molecule is COc1c(Cl)cc(C(=O)Nc2cc(-c3nc4ccccc4s3)c(Cl)cc2Cl)cc1Cl. The Morgan fingerprint density at radius 3 is 2.33 bits per heavy atom. The van der Waals surface area contributed by atoms with Crippen LogP contribution in [-0.4, -0.2) is 18.0 Å². The average molecular weight is 498 g/mol. The van der Waals surface area contributed by atoms with Crippen molar-refractivity contribution in [2.45, 2.75) is 0 Å². The first-order valence-electron chi connectivity index (χ1n) is 8.56. The molecular weight excluding hydrogens is 486 g/mol. The minimum Gasteiger partial charge on any atom is -0.494 e. The van der Waals surface area contributed by atoms with Crippen LogP contribution in [0.3, 0.4) is 0 Å². The molecule has 0 aliphatic heterocycles. The molecule has 0 aliphatic carbocycles. The summed E-state index contributed by atoms with van der Waals surface area (Å²) in [5.74, 6) is -0.126. The van der Waals surface area contributed by atoms with Gasteiger partial charge in [-0.2, -0.15) is 0 Å². The van der Waals surface area contributed by atoms with Gasteiger partial charge in [-0.15, -0.1) is 11.3 Å². The summed E-state index contributed by atoms with van der Waals surface area (Å²) >= 11 is 26.5. The van der Waals surface area contributed by atoms with E-state index in [0.29, 0.717) is 27.0 Å². The molecule has 152 valence electrons. The summed E-state index contributed by atoms with van der Waals surface area (Å²) in [6, 6.07) is 14.0. The molecule has 3 aromatic carbocycles. The fourth-order valence-corrected chi connectivity index (χ4v) is 5.09. The first kappa shape index (κ1) is 21.2. The number of fused-ring (bicyclic) bond motifs is 1. The van der Waals surface area contributed by atoms with Gasteiger partial charge in [-0.05, 0) is 36.4 Å². The molecule has 4 nitrogen and oxygen atoms in total. The van der Waals surface area contributed by atoms with Crippen LogP contribution in [0.15, 0.2) is 48.5 Å². The molecule has 9 heteroatoms. The number of carbonyl (C=O) groups is 1. The Labute approximate surface area is 196 Å². The van der Waals surface area contributed by atoms with E-state index < -0.39 is 5.91 Å². The summed E-state index contributed by atoms with van der Waals surface area (Å²) in [7, 11) is 1.45. The lowest BCUT2D eigenvalue weighted by Gasteiger charge is -2.12. The van der Waals surface area contributed by atoms with Crippen LogP contribution in [0.4, 0.5) is 5.69 Å². The number of thiazole rings is 1. The number of ether oxygens (including phenoxy) is 1. The maximum absolute atomic E-state index is 12.8. The van der Waals surface area contributed by atoms with Crippen molar-refractivity contribution in [1.82, 2.24) is 4.98 Å². The van der Waals surface area contributed by atoms with Gasteiger partial charge in [-0.3, -0.25) is 4.79 Å². The molecular formula is C21H12Cl4N2O2S. The third kappa shape index (κ3) is 4.09. The van der Waals surface area contributed by atoms with Gasteiger partial charge in [-0.25, -0.2) is 4.98 Å². The van der Waals surface area contributed by atoms with Crippen LogP contribution in [0.25, 0.3) is 20.8 Å². The summed E-state index contributed by atoms with van der Waals surface area (Å²) in [4.78, 5) is 17.4. The topological polar surface area (TPSA) is 51.2 Å². The van der Waals surface area contributed by atoms with Crippen molar-refractivity contribution in [3.8, 4) is 16.3 Å². The average Bonchev–Trinajstić information content (AvgIpc) is 3.13. The summed E-state index contributed by atoms with van der Waals surface area (Å²) in [6.07, 6.45) is 0. The van der Waals surface area contributed by atoms with Gasteiger partial charge in [0.2, 0.25) is 0 Å². The molecule has 4 rings (SSSR count). The van der Waals surface area contributed by atoms with Crippen molar-refractivity contribution in [1.29, 1.82) is 0 Å². The van der Waals surface area contributed by atoms with Gasteiger partial charge in [0, 0.05) is 11.1 Å². The van der Waals surface area contributed by atoms with E-state index in [0.717, 1.165) is 15.2 Å². The molecule has 0 atom stereocenters. The number of methoxy groups -OCH3 is 1. The number of para-hydroxylation sites is 1. The minimum atomic E-state index is -0.430. The fraction of sp³-hybridized carbons (Fsp3) is 0.0476. The lowest BCUT2D eigenvalue weighted by Crippen LogP contribution is -2.12. The van der Waals surface area contributed by atoms with Crippen molar-refractivity contribution >= 4 is 79.6 Å². The molecule has 4 aromatic rings. The fourth-order valence-electron chi connectivity index (χ4n) is 2.88. The molecule has 0 fully saturated rings. The van der Waals surface area contributed by atoms with Gasteiger partial charge in [0.15, 0.2) is 5.75 Å². The van der Waals surface area contributed by atoms with Crippen molar-refractivity contribution in [3.05, 3.63) is 74.2 Å². The van der Waals surface area contributed by atoms with E-state index in [1.165, 1.54) is 30.6 Å². The van der Waals surface area contributed by atoms with Crippen LogP contribution in [0.5, 0.6) is 5.75 Å². The van der Waals surface area contributed by atoms with Gasteiger partial charge in [-0.1, -0.05) is 58.5 Å². The zero-order valence-corrected chi connectivity index (χ0v) is 19.1. The lowest BCUT2D eigenvalue weighted by molar-refractivity contribution is 0.102. The quantitative estimate of drug-likeness (QED) is 0.312. The van der Waals surface area contributed by atoms with E-state index >= 15 is 0 Å². The monoisotopic (exact) mass is 496 g/mol. The number of anilines is 1. The molecule has 0 saturated carbocycles. The summed E-state index contributed by atoms with van der Waals surface area (Å²) in [5, 5.41) is 4.70. The number of nitrogens with one attached hydrogen (secondary N) is 1. The minimum absolute atomic E-state index is 0.229. The number of nitrogens with zero attached hydrogens (tertiary/aromatic N) is 1. The Morgan fingerprint density at radius 2 is 1.67 bits per heavy atom. The molecule has 1 aromatic heterocycles. The van der Waals surface area contributed by atoms with Crippen LogP contribution in [0, 0.1) is 0 Å².